The highest BCUT2D eigenvalue weighted by Gasteiger charge is 1.95. The van der Waals surface area contributed by atoms with Gasteiger partial charge in [-0.25, -0.2) is 0 Å². The van der Waals surface area contributed by atoms with Crippen molar-refractivity contribution in [3.8, 4) is 0 Å². The number of rotatable bonds is 9. The molecule has 0 radical (unpaired) electrons. The summed E-state index contributed by atoms with van der Waals surface area (Å²) in [6, 6.07) is 17.5. The van der Waals surface area contributed by atoms with Gasteiger partial charge in [-0.3, -0.25) is 4.68 Å². The van der Waals surface area contributed by atoms with Gasteiger partial charge in [-0.2, -0.15) is 0 Å². The van der Waals surface area contributed by atoms with E-state index in [1.165, 1.54) is 35.1 Å². The Morgan fingerprint density at radius 2 is 1.28 bits per heavy atom. The first-order chi connectivity index (χ1) is 13.7. The van der Waals surface area contributed by atoms with Gasteiger partial charge in [-0.15, -0.1) is 17.5 Å². The second kappa shape index (κ2) is 14.8. The summed E-state index contributed by atoms with van der Waals surface area (Å²) in [5.41, 5.74) is 10.9. The molecule has 1 heterocycles. The predicted octanol–water partition coefficient (Wildman–Crippen LogP) is 5.31. The Kier molecular flexibility index (Phi) is 12.7. The van der Waals surface area contributed by atoms with Gasteiger partial charge in [0.1, 0.15) is 0 Å². The Morgan fingerprint density at radius 1 is 0.759 bits per heavy atom. The van der Waals surface area contributed by atoms with Crippen LogP contribution in [0.3, 0.4) is 0 Å². The number of benzene rings is 2. The predicted molar refractivity (Wildman–Crippen MR) is 125 cm³/mol. The molecule has 3 aromatic rings. The van der Waals surface area contributed by atoms with E-state index >= 15 is 0 Å². The summed E-state index contributed by atoms with van der Waals surface area (Å²) in [7, 11) is 0. The minimum absolute atomic E-state index is 0. The molecule has 0 aliphatic rings. The monoisotopic (exact) mass is 414 g/mol. The third-order valence-corrected chi connectivity index (χ3v) is 4.74. The Bertz CT molecular complexity index is 753. The van der Waals surface area contributed by atoms with Crippen LogP contribution in [0.5, 0.6) is 0 Å². The summed E-state index contributed by atoms with van der Waals surface area (Å²) >= 11 is 0. The molecule has 2 N–H and O–H groups in total. The zero-order chi connectivity index (χ0) is 20.0. The summed E-state index contributed by atoms with van der Waals surface area (Å²) < 4.78 is 1.88. The number of hydrogen-bond donors (Lipinski definition) is 1. The van der Waals surface area contributed by atoms with Crippen LogP contribution < -0.4 is 5.73 Å². The Balaban J connectivity index is 0.000000292. The lowest BCUT2D eigenvalue weighted by Gasteiger charge is -2.02. The number of aromatic nitrogens is 3. The first kappa shape index (κ1) is 24.9. The van der Waals surface area contributed by atoms with Crippen LogP contribution in [0.15, 0.2) is 60.9 Å². The zero-order valence-electron chi connectivity index (χ0n) is 17.8. The molecule has 0 atom stereocenters. The highest BCUT2D eigenvalue weighted by Crippen LogP contribution is 2.08. The molecule has 0 amide bonds. The van der Waals surface area contributed by atoms with Crippen LogP contribution in [0, 0.1) is 13.8 Å². The number of halogens is 1. The number of hydrogen-bond acceptors (Lipinski definition) is 3. The largest absolute Gasteiger partial charge is 0.330 e. The van der Waals surface area contributed by atoms with E-state index in [-0.39, 0.29) is 12.4 Å². The van der Waals surface area contributed by atoms with Crippen molar-refractivity contribution in [1.29, 1.82) is 0 Å². The van der Waals surface area contributed by atoms with Crippen molar-refractivity contribution < 1.29 is 0 Å². The molecule has 2 aromatic carbocycles. The van der Waals surface area contributed by atoms with Gasteiger partial charge in [0.05, 0.1) is 6.20 Å². The second-order valence-electron chi connectivity index (χ2n) is 7.34. The van der Waals surface area contributed by atoms with Crippen LogP contribution in [0.1, 0.15) is 47.9 Å². The number of unbranched alkanes of at least 4 members (excludes halogenated alkanes) is 2. The SMILES string of the molecule is Cc1ccc(CCCCN)cc1.Cc1ccc(CCCCn2ccnn2)cc1.Cl. The molecule has 5 heteroatoms. The molecule has 0 spiro atoms. The van der Waals surface area contributed by atoms with Crippen molar-refractivity contribution in [3.63, 3.8) is 0 Å². The summed E-state index contributed by atoms with van der Waals surface area (Å²) in [5, 5.41) is 7.72. The topological polar surface area (TPSA) is 56.7 Å². The molecule has 0 bridgehead atoms. The molecule has 158 valence electrons. The number of nitrogens with zero attached hydrogens (tertiary/aromatic N) is 3. The molecule has 3 rings (SSSR count). The Labute approximate surface area is 181 Å². The van der Waals surface area contributed by atoms with E-state index in [1.54, 1.807) is 6.20 Å². The fourth-order valence-electron chi connectivity index (χ4n) is 2.94. The Hall–Kier alpha value is -2.17. The summed E-state index contributed by atoms with van der Waals surface area (Å²) in [4.78, 5) is 0. The van der Waals surface area contributed by atoms with E-state index in [0.29, 0.717) is 0 Å². The van der Waals surface area contributed by atoms with Crippen LogP contribution in [0.4, 0.5) is 0 Å². The highest BCUT2D eigenvalue weighted by atomic mass is 35.5. The van der Waals surface area contributed by atoms with E-state index in [4.69, 9.17) is 5.73 Å². The molecule has 0 unspecified atom stereocenters. The van der Waals surface area contributed by atoms with Crippen molar-refractivity contribution >= 4 is 12.4 Å². The Morgan fingerprint density at radius 3 is 1.72 bits per heavy atom. The van der Waals surface area contributed by atoms with Crippen LogP contribution in [0.25, 0.3) is 0 Å². The van der Waals surface area contributed by atoms with Crippen LogP contribution in [-0.2, 0) is 19.4 Å². The summed E-state index contributed by atoms with van der Waals surface area (Å²) in [6.07, 6.45) is 10.6. The average molecular weight is 415 g/mol. The lowest BCUT2D eigenvalue weighted by molar-refractivity contribution is 0.541. The van der Waals surface area contributed by atoms with Crippen LogP contribution >= 0.6 is 12.4 Å². The third kappa shape index (κ3) is 10.8. The molecular weight excluding hydrogens is 380 g/mol. The molecule has 0 aliphatic carbocycles. The summed E-state index contributed by atoms with van der Waals surface area (Å²) in [5.74, 6) is 0. The molecule has 0 saturated heterocycles. The van der Waals surface area contributed by atoms with Crippen molar-refractivity contribution in [3.05, 3.63) is 83.2 Å². The van der Waals surface area contributed by atoms with Gasteiger partial charge in [0.25, 0.3) is 0 Å². The van der Waals surface area contributed by atoms with Gasteiger partial charge < -0.3 is 5.73 Å². The van der Waals surface area contributed by atoms with E-state index in [2.05, 4.69) is 72.7 Å². The third-order valence-electron chi connectivity index (χ3n) is 4.74. The second-order valence-corrected chi connectivity index (χ2v) is 7.34. The number of aryl methyl sites for hydroxylation is 5. The van der Waals surface area contributed by atoms with Gasteiger partial charge in [-0.1, -0.05) is 64.9 Å². The molecule has 1 aromatic heterocycles. The van der Waals surface area contributed by atoms with Gasteiger partial charge in [0, 0.05) is 12.7 Å². The van der Waals surface area contributed by atoms with Gasteiger partial charge in [-0.05, 0) is 70.0 Å². The molecular formula is C24H35ClN4. The minimum atomic E-state index is 0. The molecule has 29 heavy (non-hydrogen) atoms. The molecule has 0 saturated carbocycles. The van der Waals surface area contributed by atoms with E-state index in [9.17, 15) is 0 Å². The van der Waals surface area contributed by atoms with E-state index < -0.39 is 0 Å². The average Bonchev–Trinajstić information content (AvgIpc) is 3.22. The van der Waals surface area contributed by atoms with E-state index in [0.717, 1.165) is 38.8 Å². The lowest BCUT2D eigenvalue weighted by Crippen LogP contribution is -1.99. The quantitative estimate of drug-likeness (QED) is 0.483. The maximum atomic E-state index is 5.42. The molecule has 0 fully saturated rings. The maximum Gasteiger partial charge on any atom is 0.0692 e. The highest BCUT2D eigenvalue weighted by molar-refractivity contribution is 5.85. The smallest absolute Gasteiger partial charge is 0.0692 e. The van der Waals surface area contributed by atoms with Gasteiger partial charge in [0.2, 0.25) is 0 Å². The van der Waals surface area contributed by atoms with Gasteiger partial charge in [0.15, 0.2) is 0 Å². The first-order valence-electron chi connectivity index (χ1n) is 10.3. The van der Waals surface area contributed by atoms with Crippen LogP contribution in [-0.4, -0.2) is 21.5 Å². The standard InChI is InChI=1S/C13H17N3.C11H17N.ClH/c1-12-5-7-13(8-6-12)4-2-3-10-16-11-9-14-15-16;1-10-5-7-11(8-6-10)4-2-3-9-12;/h5-9,11H,2-4,10H2,1H3;5-8H,2-4,9,12H2,1H3;1H. The van der Waals surface area contributed by atoms with Gasteiger partial charge >= 0.3 is 0 Å². The maximum absolute atomic E-state index is 5.42. The zero-order valence-corrected chi connectivity index (χ0v) is 18.6. The van der Waals surface area contributed by atoms with Crippen molar-refractivity contribution in [2.45, 2.75) is 58.9 Å². The normalized spacial score (nSPS) is 10.0. The van der Waals surface area contributed by atoms with Crippen molar-refractivity contribution in [2.24, 2.45) is 5.73 Å². The summed E-state index contributed by atoms with van der Waals surface area (Å²) in [6.45, 7) is 6.01. The number of nitrogens with two attached hydrogens (primary N) is 1. The molecule has 4 nitrogen and oxygen atoms in total. The fourth-order valence-corrected chi connectivity index (χ4v) is 2.94. The van der Waals surface area contributed by atoms with Crippen LogP contribution in [0.2, 0.25) is 0 Å². The van der Waals surface area contributed by atoms with Crippen molar-refractivity contribution in [2.75, 3.05) is 6.54 Å². The van der Waals surface area contributed by atoms with Crippen molar-refractivity contribution in [1.82, 2.24) is 15.0 Å². The minimum Gasteiger partial charge on any atom is -0.330 e. The fraction of sp³-hybridized carbons (Fsp3) is 0.417. The molecule has 0 aliphatic heterocycles. The van der Waals surface area contributed by atoms with E-state index in [1.807, 2.05) is 10.9 Å². The first-order valence-corrected chi connectivity index (χ1v) is 10.3. The lowest BCUT2D eigenvalue weighted by atomic mass is 10.1.